The third-order valence-corrected chi connectivity index (χ3v) is 4.35. The molecule has 0 radical (unpaired) electrons. The maximum atomic E-state index is 11.3. The van der Waals surface area contributed by atoms with Crippen LogP contribution in [0, 0.1) is 0 Å². The zero-order valence-corrected chi connectivity index (χ0v) is 12.4. The van der Waals surface area contributed by atoms with Crippen LogP contribution >= 0.6 is 11.8 Å². The van der Waals surface area contributed by atoms with Crippen LogP contribution in [0.25, 0.3) is 16.8 Å². The second-order valence-corrected chi connectivity index (χ2v) is 5.90. The van der Waals surface area contributed by atoms with E-state index in [0.29, 0.717) is 5.75 Å². The molecule has 1 atom stereocenters. The Hall–Kier alpha value is -2.31. The van der Waals surface area contributed by atoms with Crippen molar-refractivity contribution in [3.05, 3.63) is 48.0 Å². The molecule has 0 bridgehead atoms. The lowest BCUT2D eigenvalue weighted by molar-refractivity contribution is -0.144. The third kappa shape index (κ3) is 3.13. The van der Waals surface area contributed by atoms with Crippen molar-refractivity contribution in [2.75, 3.05) is 5.75 Å². The lowest BCUT2D eigenvalue weighted by Crippen LogP contribution is -2.24. The minimum atomic E-state index is -0.519. The molecule has 0 saturated heterocycles. The van der Waals surface area contributed by atoms with Crippen molar-refractivity contribution in [2.45, 2.75) is 6.04 Å². The fourth-order valence-electron chi connectivity index (χ4n) is 2.21. The van der Waals surface area contributed by atoms with Crippen molar-refractivity contribution in [1.82, 2.24) is 0 Å². The molecule has 0 saturated carbocycles. The molecule has 0 fully saturated rings. The Bertz CT molecular complexity index is 786. The summed E-state index contributed by atoms with van der Waals surface area (Å²) in [4.78, 5) is 19.7. The summed E-state index contributed by atoms with van der Waals surface area (Å²) >= 11 is 1.49. The maximum absolute atomic E-state index is 11.3. The zero-order valence-electron chi connectivity index (χ0n) is 11.6. The van der Waals surface area contributed by atoms with E-state index in [2.05, 4.69) is 9.83 Å². The average Bonchev–Trinajstić information content (AvgIpc) is 3.01. The van der Waals surface area contributed by atoms with Crippen LogP contribution in [0.4, 0.5) is 0 Å². The van der Waals surface area contributed by atoms with Crippen LogP contribution in [0.5, 0.6) is 5.75 Å². The van der Waals surface area contributed by atoms with Gasteiger partial charge in [0.15, 0.2) is 6.04 Å². The Balaban J connectivity index is 1.78. The van der Waals surface area contributed by atoms with Crippen LogP contribution in [0.3, 0.4) is 0 Å². The van der Waals surface area contributed by atoms with Gasteiger partial charge in [-0.05, 0) is 40.6 Å². The number of phenols is 1. The molecule has 0 unspecified atom stereocenters. The number of carbonyl (C=O) groups is 1. The van der Waals surface area contributed by atoms with Crippen molar-refractivity contribution in [3.63, 3.8) is 0 Å². The summed E-state index contributed by atoms with van der Waals surface area (Å²) in [5, 5.41) is 12.3. The fraction of sp³-hybridized carbons (Fsp3) is 0.125. The lowest BCUT2D eigenvalue weighted by Gasteiger charge is -2.00. The second kappa shape index (κ2) is 6.21. The first-order valence-corrected chi connectivity index (χ1v) is 7.66. The molecule has 5 nitrogen and oxygen atoms in total. The van der Waals surface area contributed by atoms with Crippen LogP contribution in [-0.2, 0) is 9.63 Å². The average molecular weight is 314 g/mol. The molecular weight excluding hydrogens is 300 g/mol. The van der Waals surface area contributed by atoms with E-state index < -0.39 is 12.0 Å². The Kier molecular flexibility index (Phi) is 4.13. The van der Waals surface area contributed by atoms with Crippen molar-refractivity contribution < 1.29 is 14.7 Å². The first-order chi connectivity index (χ1) is 10.7. The van der Waals surface area contributed by atoms with Gasteiger partial charge in [0.1, 0.15) is 5.75 Å². The molecule has 22 heavy (non-hydrogen) atoms. The predicted octanol–water partition coefficient (Wildman–Crippen LogP) is 2.49. The van der Waals surface area contributed by atoms with Gasteiger partial charge in [0.2, 0.25) is 0 Å². The third-order valence-electron chi connectivity index (χ3n) is 3.33. The number of aliphatic imine (C=N–C) groups is 1. The van der Waals surface area contributed by atoms with Gasteiger partial charge in [-0.1, -0.05) is 24.3 Å². The fourth-order valence-corrected chi connectivity index (χ4v) is 3.11. The number of nitrogens with zero attached hydrogens (tertiary/aromatic N) is 1. The molecule has 6 heteroatoms. The molecule has 2 aromatic rings. The number of carbonyl (C=O) groups excluding carboxylic acids is 1. The van der Waals surface area contributed by atoms with Gasteiger partial charge < -0.3 is 9.94 Å². The number of nitrogens with two attached hydrogens (primary N) is 1. The molecular formula is C16H14N2O3S. The smallest absolute Gasteiger partial charge is 0.350 e. The van der Waals surface area contributed by atoms with Gasteiger partial charge in [0.05, 0.1) is 5.04 Å². The van der Waals surface area contributed by atoms with Gasteiger partial charge in [0.25, 0.3) is 0 Å². The van der Waals surface area contributed by atoms with Crippen LogP contribution < -0.4 is 5.90 Å². The first-order valence-electron chi connectivity index (χ1n) is 6.68. The zero-order chi connectivity index (χ0) is 15.5. The molecule has 1 heterocycles. The van der Waals surface area contributed by atoms with Crippen LogP contribution in [0.2, 0.25) is 0 Å². The number of hydrogen-bond donors (Lipinski definition) is 2. The minimum absolute atomic E-state index is 0.255. The highest BCUT2D eigenvalue weighted by molar-refractivity contribution is 8.14. The Morgan fingerprint density at radius 2 is 2.05 bits per heavy atom. The minimum Gasteiger partial charge on any atom is -0.508 e. The quantitative estimate of drug-likeness (QED) is 0.850. The molecule has 1 aliphatic heterocycles. The number of aromatic hydroxyl groups is 1. The van der Waals surface area contributed by atoms with E-state index in [9.17, 15) is 9.90 Å². The summed E-state index contributed by atoms with van der Waals surface area (Å²) in [6.45, 7) is 0. The highest BCUT2D eigenvalue weighted by Crippen LogP contribution is 2.23. The largest absolute Gasteiger partial charge is 0.508 e. The highest BCUT2D eigenvalue weighted by Gasteiger charge is 2.24. The summed E-state index contributed by atoms with van der Waals surface area (Å²) in [5.41, 5.74) is 1.02. The number of rotatable bonds is 3. The first kappa shape index (κ1) is 14.6. The molecule has 0 spiro atoms. The number of benzene rings is 2. The summed E-state index contributed by atoms with van der Waals surface area (Å²) in [7, 11) is 0. The summed E-state index contributed by atoms with van der Waals surface area (Å²) < 4.78 is 0. The number of phenolic OH excluding ortho intramolecular Hbond substituents is 1. The predicted molar refractivity (Wildman–Crippen MR) is 88.6 cm³/mol. The summed E-state index contributed by atoms with van der Waals surface area (Å²) in [6, 6.07) is 10.7. The monoisotopic (exact) mass is 314 g/mol. The van der Waals surface area contributed by atoms with Gasteiger partial charge in [-0.15, -0.1) is 11.8 Å². The molecule has 1 aliphatic rings. The van der Waals surface area contributed by atoms with Crippen molar-refractivity contribution >= 4 is 39.6 Å². The van der Waals surface area contributed by atoms with Crippen molar-refractivity contribution in [3.8, 4) is 5.75 Å². The van der Waals surface area contributed by atoms with Crippen molar-refractivity contribution in [2.24, 2.45) is 10.9 Å². The van der Waals surface area contributed by atoms with E-state index >= 15 is 0 Å². The van der Waals surface area contributed by atoms with E-state index in [0.717, 1.165) is 21.4 Å². The normalized spacial score (nSPS) is 17.9. The van der Waals surface area contributed by atoms with Gasteiger partial charge in [-0.2, -0.15) is 5.90 Å². The molecule has 3 N–H and O–H groups in total. The molecule has 0 aliphatic carbocycles. The molecule has 2 aromatic carbocycles. The Morgan fingerprint density at radius 1 is 1.27 bits per heavy atom. The van der Waals surface area contributed by atoms with E-state index in [1.165, 1.54) is 11.8 Å². The van der Waals surface area contributed by atoms with E-state index in [-0.39, 0.29) is 5.75 Å². The van der Waals surface area contributed by atoms with Gasteiger partial charge >= 0.3 is 5.97 Å². The number of hydrogen-bond acceptors (Lipinski definition) is 6. The van der Waals surface area contributed by atoms with Gasteiger partial charge in [0, 0.05) is 5.75 Å². The summed E-state index contributed by atoms with van der Waals surface area (Å²) in [5.74, 6) is 5.15. The lowest BCUT2D eigenvalue weighted by atomic mass is 10.1. The number of thioether (sulfide) groups is 1. The van der Waals surface area contributed by atoms with Gasteiger partial charge in [-0.3, -0.25) is 4.99 Å². The van der Waals surface area contributed by atoms with Crippen LogP contribution in [0.15, 0.2) is 47.5 Å². The molecule has 0 aromatic heterocycles. The van der Waals surface area contributed by atoms with Crippen molar-refractivity contribution in [1.29, 1.82) is 0 Å². The molecule has 112 valence electrons. The van der Waals surface area contributed by atoms with Crippen LogP contribution in [0.1, 0.15) is 5.56 Å². The molecule has 0 amide bonds. The SMILES string of the molecule is NOC(=O)[C@H]1CSC(/C=C/c2ccc3cc(O)ccc3c2)=N1. The maximum Gasteiger partial charge on any atom is 0.350 e. The Morgan fingerprint density at radius 3 is 2.86 bits per heavy atom. The topological polar surface area (TPSA) is 84.9 Å². The Labute approximate surface area is 131 Å². The van der Waals surface area contributed by atoms with E-state index in [1.54, 1.807) is 12.1 Å². The van der Waals surface area contributed by atoms with E-state index in [4.69, 9.17) is 5.90 Å². The number of fused-ring (bicyclic) bond motifs is 1. The summed E-state index contributed by atoms with van der Waals surface area (Å²) in [6.07, 6.45) is 3.81. The second-order valence-electron chi connectivity index (χ2n) is 4.86. The van der Waals surface area contributed by atoms with Crippen LogP contribution in [-0.4, -0.2) is 27.9 Å². The standard InChI is InChI=1S/C16H14N2O3S/c17-21-16(20)14-9-22-15(18-14)6-2-10-1-3-12-8-13(19)5-4-11(12)7-10/h1-8,14,19H,9,17H2/b6-2+/t14-/m1/s1. The highest BCUT2D eigenvalue weighted by atomic mass is 32.2. The van der Waals surface area contributed by atoms with Gasteiger partial charge in [-0.25, -0.2) is 4.79 Å². The van der Waals surface area contributed by atoms with E-state index in [1.807, 2.05) is 36.4 Å². The molecule has 3 rings (SSSR count).